The number of halogens is 3. The molecule has 35 heavy (non-hydrogen) atoms. The quantitative estimate of drug-likeness (QED) is 0.449. The van der Waals surface area contributed by atoms with Crippen molar-refractivity contribution in [3.8, 4) is 11.1 Å². The maximum atomic E-state index is 12.5. The Kier molecular flexibility index (Phi) is 8.73. The first kappa shape index (κ1) is 26.1. The predicted octanol–water partition coefficient (Wildman–Crippen LogP) is 4.56. The molecule has 0 atom stereocenters. The number of fused-ring (bicyclic) bond motifs is 3. The van der Waals surface area contributed by atoms with E-state index in [9.17, 15) is 27.6 Å². The SMILES string of the molecule is O=C(O)CN(CC(F)(F)F)C(=O)CCCCCNC(=O)OCC1c2ccccc2-c2ccccc21. The highest BCUT2D eigenvalue weighted by molar-refractivity contribution is 5.81. The van der Waals surface area contributed by atoms with Gasteiger partial charge < -0.3 is 20.1 Å². The van der Waals surface area contributed by atoms with Gasteiger partial charge in [-0.1, -0.05) is 55.0 Å². The number of benzene rings is 2. The molecular weight excluding hydrogens is 465 g/mol. The van der Waals surface area contributed by atoms with Crippen LogP contribution in [0.3, 0.4) is 0 Å². The molecule has 0 radical (unpaired) electrons. The lowest BCUT2D eigenvalue weighted by atomic mass is 9.98. The van der Waals surface area contributed by atoms with Crippen LogP contribution in [0, 0.1) is 0 Å². The summed E-state index contributed by atoms with van der Waals surface area (Å²) in [6, 6.07) is 16.0. The van der Waals surface area contributed by atoms with E-state index in [0.717, 1.165) is 22.3 Å². The molecule has 7 nitrogen and oxygen atoms in total. The summed E-state index contributed by atoms with van der Waals surface area (Å²) in [6.07, 6.45) is -4.19. The Morgan fingerprint density at radius 3 is 2.11 bits per heavy atom. The molecular formula is C25H27F3N2O5. The van der Waals surface area contributed by atoms with E-state index in [-0.39, 0.29) is 36.8 Å². The van der Waals surface area contributed by atoms with Gasteiger partial charge in [0, 0.05) is 18.9 Å². The normalized spacial score (nSPS) is 12.5. The summed E-state index contributed by atoms with van der Waals surface area (Å²) >= 11 is 0. The van der Waals surface area contributed by atoms with E-state index >= 15 is 0 Å². The maximum Gasteiger partial charge on any atom is 0.407 e. The van der Waals surface area contributed by atoms with E-state index in [1.54, 1.807) is 0 Å². The minimum absolute atomic E-state index is 0.0513. The summed E-state index contributed by atoms with van der Waals surface area (Å²) in [5.41, 5.74) is 4.47. The number of unbranched alkanes of at least 4 members (excludes halogenated alkanes) is 2. The summed E-state index contributed by atoms with van der Waals surface area (Å²) in [7, 11) is 0. The van der Waals surface area contributed by atoms with Crippen molar-refractivity contribution in [1.29, 1.82) is 0 Å². The molecule has 3 rings (SSSR count). The molecule has 0 saturated carbocycles. The van der Waals surface area contributed by atoms with Crippen molar-refractivity contribution >= 4 is 18.0 Å². The Morgan fingerprint density at radius 1 is 0.943 bits per heavy atom. The van der Waals surface area contributed by atoms with Gasteiger partial charge in [-0.25, -0.2) is 4.79 Å². The van der Waals surface area contributed by atoms with Gasteiger partial charge in [0.1, 0.15) is 19.7 Å². The van der Waals surface area contributed by atoms with Crippen molar-refractivity contribution in [3.05, 3.63) is 59.7 Å². The van der Waals surface area contributed by atoms with Gasteiger partial charge in [0.05, 0.1) is 0 Å². The van der Waals surface area contributed by atoms with Crippen molar-refractivity contribution in [2.45, 2.75) is 37.8 Å². The van der Waals surface area contributed by atoms with Gasteiger partial charge >= 0.3 is 18.2 Å². The first-order chi connectivity index (χ1) is 16.7. The average molecular weight is 492 g/mol. The van der Waals surface area contributed by atoms with Crippen LogP contribution in [0.2, 0.25) is 0 Å². The van der Waals surface area contributed by atoms with E-state index in [2.05, 4.69) is 5.32 Å². The highest BCUT2D eigenvalue weighted by Crippen LogP contribution is 2.44. The monoisotopic (exact) mass is 492 g/mol. The third kappa shape index (κ3) is 7.46. The van der Waals surface area contributed by atoms with E-state index in [1.165, 1.54) is 0 Å². The van der Waals surface area contributed by atoms with Crippen LogP contribution in [-0.4, -0.2) is 60.4 Å². The number of rotatable bonds is 11. The number of alkyl carbamates (subject to hydrolysis) is 1. The molecule has 1 aliphatic rings. The molecule has 188 valence electrons. The van der Waals surface area contributed by atoms with Crippen LogP contribution in [0.25, 0.3) is 11.1 Å². The second-order valence-corrected chi connectivity index (χ2v) is 8.32. The van der Waals surface area contributed by atoms with Crippen LogP contribution < -0.4 is 5.32 Å². The smallest absolute Gasteiger partial charge is 0.407 e. The molecule has 2 amide bonds. The zero-order valence-electron chi connectivity index (χ0n) is 19.0. The number of nitrogens with zero attached hydrogens (tertiary/aromatic N) is 1. The molecule has 1 aliphatic carbocycles. The Bertz CT molecular complexity index is 1010. The van der Waals surface area contributed by atoms with E-state index < -0.39 is 37.2 Å². The lowest BCUT2D eigenvalue weighted by Crippen LogP contribution is -2.41. The first-order valence-corrected chi connectivity index (χ1v) is 11.3. The van der Waals surface area contributed by atoms with Crippen molar-refractivity contribution in [1.82, 2.24) is 10.2 Å². The van der Waals surface area contributed by atoms with Gasteiger partial charge in [-0.15, -0.1) is 0 Å². The van der Waals surface area contributed by atoms with Crippen molar-refractivity contribution < 1.29 is 37.4 Å². The topological polar surface area (TPSA) is 95.9 Å². The number of aliphatic carboxylic acids is 1. The standard InChI is InChI=1S/C25H27F3N2O5/c26-25(27,28)16-30(14-23(32)33)22(31)12-2-1-7-13-29-24(34)35-15-21-19-10-5-3-8-17(19)18-9-4-6-11-20(18)21/h3-6,8-11,21H,1-2,7,12-16H2,(H,29,34)(H,32,33). The number of ether oxygens (including phenoxy) is 1. The van der Waals surface area contributed by atoms with Crippen LogP contribution >= 0.6 is 0 Å². The molecule has 0 heterocycles. The minimum atomic E-state index is -4.67. The van der Waals surface area contributed by atoms with E-state index in [0.29, 0.717) is 12.8 Å². The zero-order valence-corrected chi connectivity index (χ0v) is 19.0. The second-order valence-electron chi connectivity index (χ2n) is 8.32. The largest absolute Gasteiger partial charge is 0.480 e. The minimum Gasteiger partial charge on any atom is -0.480 e. The first-order valence-electron chi connectivity index (χ1n) is 11.3. The van der Waals surface area contributed by atoms with Gasteiger partial charge in [0.25, 0.3) is 0 Å². The van der Waals surface area contributed by atoms with Crippen LogP contribution in [-0.2, 0) is 14.3 Å². The zero-order chi connectivity index (χ0) is 25.4. The number of nitrogens with one attached hydrogen (secondary N) is 1. The predicted molar refractivity (Wildman–Crippen MR) is 122 cm³/mol. The Balaban J connectivity index is 1.36. The molecule has 0 bridgehead atoms. The van der Waals surface area contributed by atoms with Crippen LogP contribution in [0.5, 0.6) is 0 Å². The highest BCUT2D eigenvalue weighted by atomic mass is 19.4. The third-order valence-electron chi connectivity index (χ3n) is 5.73. The summed E-state index contributed by atoms with van der Waals surface area (Å²) in [6.45, 7) is -2.12. The van der Waals surface area contributed by atoms with Gasteiger partial charge in [-0.3, -0.25) is 9.59 Å². The van der Waals surface area contributed by atoms with Crippen molar-refractivity contribution in [2.24, 2.45) is 0 Å². The molecule has 2 aromatic carbocycles. The fraction of sp³-hybridized carbons (Fsp3) is 0.400. The van der Waals surface area contributed by atoms with Crippen molar-refractivity contribution in [3.63, 3.8) is 0 Å². The number of carboxylic acid groups (broad SMARTS) is 1. The maximum absolute atomic E-state index is 12.5. The number of carbonyl (C=O) groups is 3. The van der Waals surface area contributed by atoms with Gasteiger partial charge in [0.15, 0.2) is 0 Å². The molecule has 0 aliphatic heterocycles. The molecule has 0 aromatic heterocycles. The van der Waals surface area contributed by atoms with Crippen LogP contribution in [0.4, 0.5) is 18.0 Å². The fourth-order valence-electron chi connectivity index (χ4n) is 4.19. The molecule has 2 aromatic rings. The number of carbonyl (C=O) groups excluding carboxylic acids is 2. The summed E-state index contributed by atoms with van der Waals surface area (Å²) in [5.74, 6) is -2.42. The van der Waals surface area contributed by atoms with Crippen LogP contribution in [0.15, 0.2) is 48.5 Å². The number of amides is 2. The number of carboxylic acids is 1. The third-order valence-corrected chi connectivity index (χ3v) is 5.73. The van der Waals surface area contributed by atoms with Crippen LogP contribution in [0.1, 0.15) is 42.7 Å². The second kappa shape index (κ2) is 11.7. The highest BCUT2D eigenvalue weighted by Gasteiger charge is 2.33. The Morgan fingerprint density at radius 2 is 1.54 bits per heavy atom. The van der Waals surface area contributed by atoms with E-state index in [1.807, 2.05) is 48.5 Å². The average Bonchev–Trinajstić information content (AvgIpc) is 3.12. The molecule has 0 fully saturated rings. The van der Waals surface area contributed by atoms with Gasteiger partial charge in [-0.05, 0) is 35.1 Å². The molecule has 2 N–H and O–H groups in total. The lowest BCUT2D eigenvalue weighted by molar-refractivity contribution is -0.165. The molecule has 10 heteroatoms. The molecule has 0 spiro atoms. The summed E-state index contributed by atoms with van der Waals surface area (Å²) in [4.78, 5) is 35.1. The Labute approximate surface area is 200 Å². The Hall–Kier alpha value is -3.56. The lowest BCUT2D eigenvalue weighted by Gasteiger charge is -2.22. The van der Waals surface area contributed by atoms with E-state index in [4.69, 9.17) is 9.84 Å². The number of hydrogen-bond acceptors (Lipinski definition) is 4. The van der Waals surface area contributed by atoms with Gasteiger partial charge in [-0.2, -0.15) is 13.2 Å². The van der Waals surface area contributed by atoms with Crippen molar-refractivity contribution in [2.75, 3.05) is 26.2 Å². The number of alkyl halides is 3. The fourth-order valence-corrected chi connectivity index (χ4v) is 4.19. The number of hydrogen-bond donors (Lipinski definition) is 2. The summed E-state index contributed by atoms with van der Waals surface area (Å²) < 4.78 is 43.1. The molecule has 0 saturated heterocycles. The molecule has 0 unspecified atom stereocenters. The van der Waals surface area contributed by atoms with Gasteiger partial charge in [0.2, 0.25) is 5.91 Å². The summed E-state index contributed by atoms with van der Waals surface area (Å²) in [5, 5.41) is 11.4.